The summed E-state index contributed by atoms with van der Waals surface area (Å²) in [5, 5.41) is 6.22. The van der Waals surface area contributed by atoms with Crippen molar-refractivity contribution < 1.29 is 9.53 Å². The molecule has 0 fully saturated rings. The topological polar surface area (TPSA) is 50.4 Å². The number of carbonyl (C=O) groups excluding carboxylic acids is 1. The first-order chi connectivity index (χ1) is 13.6. The molecular weight excluding hydrogens is 380 g/mol. The zero-order valence-electron chi connectivity index (χ0n) is 18.3. The van der Waals surface area contributed by atoms with Gasteiger partial charge in [0.25, 0.3) is 0 Å². The minimum Gasteiger partial charge on any atom is -0.493 e. The summed E-state index contributed by atoms with van der Waals surface area (Å²) in [4.78, 5) is 12.7. The number of aryl methyl sites for hydroxylation is 4. The third-order valence-corrected chi connectivity index (χ3v) is 5.36. The molecule has 0 atom stereocenters. The molecule has 0 unspecified atom stereocenters. The maximum Gasteiger partial charge on any atom is 0.231 e. The van der Waals surface area contributed by atoms with Gasteiger partial charge in [0.15, 0.2) is 5.11 Å². The van der Waals surface area contributed by atoms with Crippen molar-refractivity contribution in [2.75, 3.05) is 11.9 Å². The molecule has 2 aromatic rings. The molecule has 0 radical (unpaired) electrons. The summed E-state index contributed by atoms with van der Waals surface area (Å²) >= 11 is 5.32. The number of nitrogens with one attached hydrogen (secondary N) is 2. The minimum absolute atomic E-state index is 0.0921. The highest BCUT2D eigenvalue weighted by Crippen LogP contribution is 2.24. The molecule has 4 nitrogen and oxygen atoms in total. The number of ether oxygens (including phenoxy) is 1. The molecule has 29 heavy (non-hydrogen) atoms. The minimum atomic E-state index is -0.542. The Balaban J connectivity index is 1.81. The Morgan fingerprint density at radius 1 is 1.00 bits per heavy atom. The van der Waals surface area contributed by atoms with Gasteiger partial charge in [-0.25, -0.2) is 0 Å². The van der Waals surface area contributed by atoms with Gasteiger partial charge < -0.3 is 15.4 Å². The Bertz CT molecular complexity index is 890. The van der Waals surface area contributed by atoms with Gasteiger partial charge in [-0.15, -0.1) is 0 Å². The molecule has 1 amide bonds. The first-order valence-electron chi connectivity index (χ1n) is 9.98. The van der Waals surface area contributed by atoms with Crippen LogP contribution in [0.1, 0.15) is 48.9 Å². The van der Waals surface area contributed by atoms with Crippen molar-refractivity contribution in [3.63, 3.8) is 0 Å². The Labute approximate surface area is 180 Å². The van der Waals surface area contributed by atoms with E-state index in [9.17, 15) is 4.79 Å². The van der Waals surface area contributed by atoms with Crippen molar-refractivity contribution in [2.24, 2.45) is 5.41 Å². The van der Waals surface area contributed by atoms with E-state index in [1.807, 2.05) is 52.0 Å². The van der Waals surface area contributed by atoms with Crippen LogP contribution in [0, 0.1) is 33.1 Å². The van der Waals surface area contributed by atoms with Crippen molar-refractivity contribution in [1.29, 1.82) is 0 Å². The molecule has 5 heteroatoms. The highest BCUT2D eigenvalue weighted by Gasteiger charge is 2.27. The predicted octanol–water partition coefficient (Wildman–Crippen LogP) is 5.62. The molecule has 0 bridgehead atoms. The second-order valence-corrected chi connectivity index (χ2v) is 8.72. The number of rotatable bonds is 7. The van der Waals surface area contributed by atoms with Gasteiger partial charge in [-0.3, -0.25) is 4.79 Å². The number of amides is 1. The normalized spacial score (nSPS) is 11.1. The zero-order valence-corrected chi connectivity index (χ0v) is 19.1. The maximum absolute atomic E-state index is 12.7. The molecule has 156 valence electrons. The van der Waals surface area contributed by atoms with Gasteiger partial charge in [0.05, 0.1) is 6.61 Å². The summed E-state index contributed by atoms with van der Waals surface area (Å²) in [5.41, 5.74) is 5.02. The quantitative estimate of drug-likeness (QED) is 0.458. The lowest BCUT2D eigenvalue weighted by Crippen LogP contribution is -2.42. The van der Waals surface area contributed by atoms with E-state index >= 15 is 0 Å². The number of hydrogen-bond donors (Lipinski definition) is 2. The fraction of sp³-hybridized carbons (Fsp3) is 0.417. The molecule has 0 saturated carbocycles. The summed E-state index contributed by atoms with van der Waals surface area (Å²) in [6, 6.07) is 12.2. The number of hydrogen-bond acceptors (Lipinski definition) is 3. The number of thiocarbonyl (C=S) groups is 1. The second-order valence-electron chi connectivity index (χ2n) is 8.31. The Morgan fingerprint density at radius 2 is 1.69 bits per heavy atom. The zero-order chi connectivity index (χ0) is 21.6. The van der Waals surface area contributed by atoms with Crippen molar-refractivity contribution in [3.05, 3.63) is 58.7 Å². The van der Waals surface area contributed by atoms with Crippen molar-refractivity contribution in [1.82, 2.24) is 5.32 Å². The van der Waals surface area contributed by atoms with Crippen LogP contribution in [-0.2, 0) is 4.79 Å². The molecule has 0 aromatic heterocycles. The maximum atomic E-state index is 12.7. The van der Waals surface area contributed by atoms with Gasteiger partial charge in [0.1, 0.15) is 5.75 Å². The average Bonchev–Trinajstić information content (AvgIpc) is 2.64. The van der Waals surface area contributed by atoms with E-state index in [0.717, 1.165) is 23.4 Å². The summed E-state index contributed by atoms with van der Waals surface area (Å²) < 4.78 is 5.90. The van der Waals surface area contributed by atoms with Crippen LogP contribution in [0.25, 0.3) is 0 Å². The average molecular weight is 413 g/mol. The van der Waals surface area contributed by atoms with Crippen LogP contribution in [0.4, 0.5) is 5.69 Å². The lowest BCUT2D eigenvalue weighted by molar-refractivity contribution is -0.128. The molecule has 0 spiro atoms. The number of carbonyl (C=O) groups is 1. The third-order valence-electron chi connectivity index (χ3n) is 5.15. The van der Waals surface area contributed by atoms with E-state index in [1.54, 1.807) is 0 Å². The monoisotopic (exact) mass is 412 g/mol. The van der Waals surface area contributed by atoms with Crippen LogP contribution < -0.4 is 15.4 Å². The molecule has 2 N–H and O–H groups in total. The van der Waals surface area contributed by atoms with Crippen LogP contribution in [0.15, 0.2) is 36.4 Å². The molecule has 2 aromatic carbocycles. The van der Waals surface area contributed by atoms with E-state index in [2.05, 4.69) is 36.6 Å². The first-order valence-corrected chi connectivity index (χ1v) is 10.4. The van der Waals surface area contributed by atoms with Gasteiger partial charge in [-0.2, -0.15) is 0 Å². The van der Waals surface area contributed by atoms with Crippen molar-refractivity contribution in [3.8, 4) is 5.75 Å². The largest absolute Gasteiger partial charge is 0.493 e. The molecule has 2 rings (SSSR count). The van der Waals surface area contributed by atoms with Gasteiger partial charge in [0, 0.05) is 11.1 Å². The van der Waals surface area contributed by atoms with Crippen molar-refractivity contribution in [2.45, 2.75) is 54.4 Å². The van der Waals surface area contributed by atoms with Crippen LogP contribution >= 0.6 is 12.2 Å². The Hall–Kier alpha value is -2.40. The molecule has 0 saturated heterocycles. The van der Waals surface area contributed by atoms with E-state index in [4.69, 9.17) is 17.0 Å². The van der Waals surface area contributed by atoms with Crippen LogP contribution in [0.3, 0.4) is 0 Å². The third kappa shape index (κ3) is 6.86. The fourth-order valence-corrected chi connectivity index (χ4v) is 3.14. The smallest absolute Gasteiger partial charge is 0.231 e. The highest BCUT2D eigenvalue weighted by atomic mass is 32.1. The van der Waals surface area contributed by atoms with E-state index in [1.165, 1.54) is 16.7 Å². The predicted molar refractivity (Wildman–Crippen MR) is 125 cm³/mol. The number of benzene rings is 2. The first kappa shape index (κ1) is 22.9. The van der Waals surface area contributed by atoms with Crippen LogP contribution in [0.5, 0.6) is 5.75 Å². The molecule has 0 aliphatic carbocycles. The lowest BCUT2D eigenvalue weighted by Gasteiger charge is -2.24. The van der Waals surface area contributed by atoms with Gasteiger partial charge in [-0.05, 0) is 93.2 Å². The summed E-state index contributed by atoms with van der Waals surface area (Å²) in [6.45, 7) is 12.6. The second kappa shape index (κ2) is 9.88. The Morgan fingerprint density at radius 3 is 2.38 bits per heavy atom. The number of anilines is 1. The standard InChI is InChI=1S/C24H32N2O2S/c1-16-8-9-18(3)21(14-16)28-13-7-12-24(5,6)22(27)26-23(29)25-20-11-10-17(2)19(4)15-20/h8-11,14-15H,7,12-13H2,1-6H3,(H2,25,26,27,29). The summed E-state index contributed by atoms with van der Waals surface area (Å²) in [5.74, 6) is 0.816. The van der Waals surface area contributed by atoms with Gasteiger partial charge in [0.2, 0.25) is 5.91 Å². The lowest BCUT2D eigenvalue weighted by atomic mass is 9.87. The molecule has 0 aliphatic rings. The molecule has 0 heterocycles. The SMILES string of the molecule is Cc1ccc(C)c(OCCCC(C)(C)C(=O)NC(=S)Nc2ccc(C)c(C)c2)c1. The van der Waals surface area contributed by atoms with Crippen LogP contribution in [-0.4, -0.2) is 17.6 Å². The highest BCUT2D eigenvalue weighted by molar-refractivity contribution is 7.80. The van der Waals surface area contributed by atoms with E-state index < -0.39 is 5.41 Å². The Kier molecular flexibility index (Phi) is 7.80. The summed E-state index contributed by atoms with van der Waals surface area (Å²) in [6.07, 6.45) is 1.49. The van der Waals surface area contributed by atoms with Gasteiger partial charge in [-0.1, -0.05) is 32.0 Å². The van der Waals surface area contributed by atoms with Gasteiger partial charge >= 0.3 is 0 Å². The molecule has 0 aliphatic heterocycles. The van der Waals surface area contributed by atoms with E-state index in [-0.39, 0.29) is 5.91 Å². The fourth-order valence-electron chi connectivity index (χ4n) is 2.93. The molecular formula is C24H32N2O2S. The summed E-state index contributed by atoms with van der Waals surface area (Å²) in [7, 11) is 0. The van der Waals surface area contributed by atoms with Crippen molar-refractivity contribution >= 4 is 28.9 Å². The van der Waals surface area contributed by atoms with Crippen LogP contribution in [0.2, 0.25) is 0 Å². The van der Waals surface area contributed by atoms with E-state index in [0.29, 0.717) is 18.1 Å².